The van der Waals surface area contributed by atoms with Gasteiger partial charge in [-0.05, 0) is 38.5 Å². The second-order valence-corrected chi connectivity index (χ2v) is 5.26. The zero-order chi connectivity index (χ0) is 11.2. The van der Waals surface area contributed by atoms with E-state index in [0.717, 1.165) is 10.5 Å². The summed E-state index contributed by atoms with van der Waals surface area (Å²) in [6.07, 6.45) is 6.37. The molecule has 0 aliphatic heterocycles. The van der Waals surface area contributed by atoms with Crippen molar-refractivity contribution >= 4 is 10.5 Å². The molecule has 0 amide bonds. The average molecular weight is 216 g/mol. The van der Waals surface area contributed by atoms with Crippen LogP contribution in [0.15, 0.2) is 0 Å². The average Bonchev–Trinajstić information content (AvgIpc) is 2.17. The van der Waals surface area contributed by atoms with Crippen molar-refractivity contribution in [1.29, 1.82) is 0 Å². The van der Waals surface area contributed by atoms with Gasteiger partial charge in [0.25, 0.3) is 0 Å². The first-order chi connectivity index (χ1) is 6.49. The summed E-state index contributed by atoms with van der Waals surface area (Å²) in [4.78, 5) is 0. The van der Waals surface area contributed by atoms with E-state index in [9.17, 15) is 0 Å². The molecule has 0 aliphatic carbocycles. The van der Waals surface area contributed by atoms with Gasteiger partial charge in [-0.3, -0.25) is 0 Å². The van der Waals surface area contributed by atoms with Crippen LogP contribution in [0.3, 0.4) is 0 Å². The molecule has 0 unspecified atom stereocenters. The minimum atomic E-state index is 0.0694. The summed E-state index contributed by atoms with van der Waals surface area (Å²) < 4.78 is 5.84. The van der Waals surface area contributed by atoms with Crippen LogP contribution in [0.5, 0.6) is 0 Å². The molecule has 14 heavy (non-hydrogen) atoms. The molecule has 0 rings (SSSR count). The SMILES string of the molecule is CCCC(CC)(CCC)C(C)(C)O[SiH3]. The fourth-order valence-electron chi connectivity index (χ4n) is 2.68. The summed E-state index contributed by atoms with van der Waals surface area (Å²) in [6.45, 7) is 11.4. The van der Waals surface area contributed by atoms with E-state index < -0.39 is 0 Å². The maximum atomic E-state index is 5.84. The summed E-state index contributed by atoms with van der Waals surface area (Å²) in [7, 11) is 0.847. The van der Waals surface area contributed by atoms with E-state index in [1.165, 1.54) is 32.1 Å². The molecule has 0 bridgehead atoms. The molecule has 0 spiro atoms. The molecule has 2 heteroatoms. The van der Waals surface area contributed by atoms with Crippen molar-refractivity contribution in [3.05, 3.63) is 0 Å². The molecule has 0 saturated carbocycles. The van der Waals surface area contributed by atoms with Crippen molar-refractivity contribution in [2.75, 3.05) is 0 Å². The van der Waals surface area contributed by atoms with Gasteiger partial charge in [-0.15, -0.1) is 0 Å². The molecular formula is C12H28OSi. The highest BCUT2D eigenvalue weighted by Gasteiger charge is 2.41. The monoisotopic (exact) mass is 216 g/mol. The van der Waals surface area contributed by atoms with Crippen LogP contribution in [0.4, 0.5) is 0 Å². The summed E-state index contributed by atoms with van der Waals surface area (Å²) >= 11 is 0. The van der Waals surface area contributed by atoms with Crippen LogP contribution in [0.1, 0.15) is 66.7 Å². The Hall–Kier alpha value is 0.177. The Kier molecular flexibility index (Phi) is 5.99. The summed E-state index contributed by atoms with van der Waals surface area (Å²) in [6, 6.07) is 0. The van der Waals surface area contributed by atoms with Gasteiger partial charge >= 0.3 is 0 Å². The van der Waals surface area contributed by atoms with Crippen molar-refractivity contribution in [1.82, 2.24) is 0 Å². The highest BCUT2D eigenvalue weighted by Crippen LogP contribution is 2.45. The number of rotatable bonds is 7. The molecule has 0 radical (unpaired) electrons. The second-order valence-electron chi connectivity index (χ2n) is 4.85. The molecule has 1 nitrogen and oxygen atoms in total. The largest absolute Gasteiger partial charge is 0.422 e. The molecule has 0 N–H and O–H groups in total. The second kappa shape index (κ2) is 5.91. The third-order valence-electron chi connectivity index (χ3n) is 3.92. The van der Waals surface area contributed by atoms with Gasteiger partial charge in [0.1, 0.15) is 10.5 Å². The minimum Gasteiger partial charge on any atom is -0.422 e. The van der Waals surface area contributed by atoms with E-state index in [-0.39, 0.29) is 5.60 Å². The van der Waals surface area contributed by atoms with Gasteiger partial charge in [-0.2, -0.15) is 0 Å². The lowest BCUT2D eigenvalue weighted by Crippen LogP contribution is -2.45. The zero-order valence-electron chi connectivity index (χ0n) is 10.9. The third kappa shape index (κ3) is 2.83. The van der Waals surface area contributed by atoms with E-state index in [2.05, 4.69) is 34.6 Å². The zero-order valence-corrected chi connectivity index (χ0v) is 12.9. The van der Waals surface area contributed by atoms with E-state index in [4.69, 9.17) is 4.43 Å². The van der Waals surface area contributed by atoms with Crippen LogP contribution in [0, 0.1) is 5.41 Å². The lowest BCUT2D eigenvalue weighted by Gasteiger charge is -2.46. The molecule has 0 saturated heterocycles. The van der Waals surface area contributed by atoms with E-state index in [0.29, 0.717) is 5.41 Å². The van der Waals surface area contributed by atoms with Crippen LogP contribution in [0.25, 0.3) is 0 Å². The van der Waals surface area contributed by atoms with Crippen LogP contribution in [-0.4, -0.2) is 16.1 Å². The van der Waals surface area contributed by atoms with Gasteiger partial charge in [0.05, 0.1) is 5.60 Å². The standard InChI is InChI=1S/C12H28OSi/c1-6-9-12(8-3,10-7-2)11(4,5)13-14/h6-10H2,1-5,14H3. The highest BCUT2D eigenvalue weighted by atomic mass is 28.2. The van der Waals surface area contributed by atoms with E-state index in [1.54, 1.807) is 0 Å². The van der Waals surface area contributed by atoms with Crippen molar-refractivity contribution in [2.24, 2.45) is 5.41 Å². The van der Waals surface area contributed by atoms with Gasteiger partial charge < -0.3 is 4.43 Å². The Balaban J connectivity index is 4.80. The fraction of sp³-hybridized carbons (Fsp3) is 1.00. The Labute approximate surface area is 93.2 Å². The van der Waals surface area contributed by atoms with Crippen LogP contribution in [-0.2, 0) is 4.43 Å². The topological polar surface area (TPSA) is 9.23 Å². The predicted octanol–water partition coefficient (Wildman–Crippen LogP) is 3.06. The van der Waals surface area contributed by atoms with Gasteiger partial charge in [0.15, 0.2) is 0 Å². The molecule has 0 aliphatic rings. The summed E-state index contributed by atoms with van der Waals surface area (Å²) in [5, 5.41) is 0. The molecule has 0 aromatic heterocycles. The first-order valence-corrected chi connectivity index (χ1v) is 6.86. The van der Waals surface area contributed by atoms with Crippen molar-refractivity contribution in [3.8, 4) is 0 Å². The van der Waals surface area contributed by atoms with Gasteiger partial charge in [-0.25, -0.2) is 0 Å². The van der Waals surface area contributed by atoms with Gasteiger partial charge in [-0.1, -0.05) is 33.6 Å². The lowest BCUT2D eigenvalue weighted by atomic mass is 9.66. The molecule has 86 valence electrons. The number of hydrogen-bond acceptors (Lipinski definition) is 1. The molecule has 0 atom stereocenters. The Morgan fingerprint density at radius 3 is 1.64 bits per heavy atom. The number of hydrogen-bond donors (Lipinski definition) is 0. The molecular weight excluding hydrogens is 188 g/mol. The Bertz CT molecular complexity index is 148. The predicted molar refractivity (Wildman–Crippen MR) is 67.6 cm³/mol. The Morgan fingerprint density at radius 2 is 1.43 bits per heavy atom. The van der Waals surface area contributed by atoms with Crippen molar-refractivity contribution < 1.29 is 4.43 Å². The molecule has 0 aromatic rings. The maximum absolute atomic E-state index is 5.84. The smallest absolute Gasteiger partial charge is 0.146 e. The first kappa shape index (κ1) is 14.2. The van der Waals surface area contributed by atoms with E-state index in [1.807, 2.05) is 0 Å². The molecule has 0 fully saturated rings. The van der Waals surface area contributed by atoms with Crippen LogP contribution in [0.2, 0.25) is 0 Å². The lowest BCUT2D eigenvalue weighted by molar-refractivity contribution is -0.0441. The van der Waals surface area contributed by atoms with Crippen LogP contribution < -0.4 is 0 Å². The van der Waals surface area contributed by atoms with Gasteiger partial charge in [0.2, 0.25) is 0 Å². The fourth-order valence-corrected chi connectivity index (χ4v) is 3.11. The first-order valence-electron chi connectivity index (χ1n) is 6.04. The van der Waals surface area contributed by atoms with Gasteiger partial charge in [0, 0.05) is 0 Å². The van der Waals surface area contributed by atoms with Crippen LogP contribution >= 0.6 is 0 Å². The summed E-state index contributed by atoms with van der Waals surface area (Å²) in [5.74, 6) is 0. The molecule has 0 heterocycles. The third-order valence-corrected chi connectivity index (χ3v) is 4.94. The maximum Gasteiger partial charge on any atom is 0.146 e. The quantitative estimate of drug-likeness (QED) is 0.594. The normalized spacial score (nSPS) is 13.5. The highest BCUT2D eigenvalue weighted by molar-refractivity contribution is 5.98. The minimum absolute atomic E-state index is 0.0694. The van der Waals surface area contributed by atoms with Crippen molar-refractivity contribution in [2.45, 2.75) is 72.3 Å². The molecule has 0 aromatic carbocycles. The van der Waals surface area contributed by atoms with Crippen molar-refractivity contribution in [3.63, 3.8) is 0 Å². The van der Waals surface area contributed by atoms with E-state index >= 15 is 0 Å². The Morgan fingerprint density at radius 1 is 1.00 bits per heavy atom. The summed E-state index contributed by atoms with van der Waals surface area (Å²) in [5.41, 5.74) is 0.470.